The molecule has 21 heavy (non-hydrogen) atoms. The van der Waals surface area contributed by atoms with Crippen molar-refractivity contribution in [3.8, 4) is 0 Å². The number of nitrogens with zero attached hydrogens (tertiary/aromatic N) is 3. The minimum atomic E-state index is -0.769. The van der Waals surface area contributed by atoms with Gasteiger partial charge in [-0.15, -0.1) is 0 Å². The number of aryl methyl sites for hydroxylation is 1. The van der Waals surface area contributed by atoms with Crippen molar-refractivity contribution < 1.29 is 14.7 Å². The molecule has 6 heteroatoms. The minimum absolute atomic E-state index is 0.0174. The van der Waals surface area contributed by atoms with Gasteiger partial charge in [0, 0.05) is 38.8 Å². The Morgan fingerprint density at radius 2 is 2.33 bits per heavy atom. The van der Waals surface area contributed by atoms with Crippen LogP contribution in [0.5, 0.6) is 0 Å². The van der Waals surface area contributed by atoms with Gasteiger partial charge in [-0.1, -0.05) is 0 Å². The molecule has 0 saturated carbocycles. The normalized spacial score (nSPS) is 19.1. The third kappa shape index (κ3) is 4.44. The van der Waals surface area contributed by atoms with Crippen LogP contribution in [0.4, 0.5) is 0 Å². The number of rotatable bonds is 5. The number of aliphatic carboxylic acids is 1. The molecular formula is C15H21N3O3. The Bertz CT molecular complexity index is 536. The van der Waals surface area contributed by atoms with Crippen molar-refractivity contribution in [3.63, 3.8) is 0 Å². The van der Waals surface area contributed by atoms with E-state index in [4.69, 9.17) is 5.11 Å². The van der Waals surface area contributed by atoms with Gasteiger partial charge in [-0.05, 0) is 37.3 Å². The third-order valence-electron chi connectivity index (χ3n) is 3.85. The standard InChI is InChI=1S/C15H21N3O3/c1-17-13(8-9-16-17)5-6-14(19)18-10-2-3-12(11-18)4-7-15(20)21/h5-6,8-9,12H,2-4,7,10-11H2,1H3,(H,20,21)/b6-5+/t12-/m0/s1. The summed E-state index contributed by atoms with van der Waals surface area (Å²) in [7, 11) is 1.83. The predicted octanol–water partition coefficient (Wildman–Crippen LogP) is 1.54. The topological polar surface area (TPSA) is 75.4 Å². The molecule has 1 saturated heterocycles. The van der Waals surface area contributed by atoms with Gasteiger partial charge in [0.2, 0.25) is 5.91 Å². The molecule has 1 N–H and O–H groups in total. The zero-order chi connectivity index (χ0) is 15.2. The summed E-state index contributed by atoms with van der Waals surface area (Å²) in [5.41, 5.74) is 0.878. The van der Waals surface area contributed by atoms with Gasteiger partial charge < -0.3 is 10.0 Å². The molecule has 2 heterocycles. The number of hydrogen-bond acceptors (Lipinski definition) is 3. The molecule has 1 amide bonds. The fourth-order valence-electron chi connectivity index (χ4n) is 2.64. The Kier molecular flexibility index (Phi) is 5.14. The molecule has 1 aliphatic rings. The molecule has 0 spiro atoms. The molecule has 114 valence electrons. The molecular weight excluding hydrogens is 270 g/mol. The zero-order valence-electron chi connectivity index (χ0n) is 12.2. The van der Waals surface area contributed by atoms with E-state index in [1.807, 2.05) is 18.0 Å². The zero-order valence-corrected chi connectivity index (χ0v) is 12.2. The first-order valence-corrected chi connectivity index (χ1v) is 7.23. The lowest BCUT2D eigenvalue weighted by Gasteiger charge is -2.31. The number of carbonyl (C=O) groups excluding carboxylic acids is 1. The molecule has 0 aliphatic carbocycles. The van der Waals surface area contributed by atoms with Crippen LogP contribution in [0, 0.1) is 5.92 Å². The Balaban J connectivity index is 1.88. The van der Waals surface area contributed by atoms with Gasteiger partial charge in [0.25, 0.3) is 0 Å². The van der Waals surface area contributed by atoms with Crippen LogP contribution in [0.3, 0.4) is 0 Å². The summed E-state index contributed by atoms with van der Waals surface area (Å²) < 4.78 is 1.70. The maximum Gasteiger partial charge on any atom is 0.303 e. The summed E-state index contributed by atoms with van der Waals surface area (Å²) in [4.78, 5) is 24.6. The minimum Gasteiger partial charge on any atom is -0.481 e. The van der Waals surface area contributed by atoms with Gasteiger partial charge in [0.1, 0.15) is 0 Å². The van der Waals surface area contributed by atoms with Gasteiger partial charge in [-0.25, -0.2) is 0 Å². The van der Waals surface area contributed by atoms with Gasteiger partial charge in [-0.2, -0.15) is 5.10 Å². The first kappa shape index (κ1) is 15.3. The van der Waals surface area contributed by atoms with Crippen molar-refractivity contribution >= 4 is 18.0 Å². The predicted molar refractivity (Wildman–Crippen MR) is 78.4 cm³/mol. The van der Waals surface area contributed by atoms with Crippen LogP contribution in [-0.2, 0) is 16.6 Å². The molecule has 2 rings (SSSR count). The van der Waals surface area contributed by atoms with E-state index < -0.39 is 5.97 Å². The van der Waals surface area contributed by atoms with E-state index in [1.165, 1.54) is 0 Å². The summed E-state index contributed by atoms with van der Waals surface area (Å²) in [6, 6.07) is 1.84. The smallest absolute Gasteiger partial charge is 0.303 e. The van der Waals surface area contributed by atoms with E-state index in [0.29, 0.717) is 18.9 Å². The van der Waals surface area contributed by atoms with E-state index in [0.717, 1.165) is 25.1 Å². The van der Waals surface area contributed by atoms with E-state index in [9.17, 15) is 9.59 Å². The lowest BCUT2D eigenvalue weighted by molar-refractivity contribution is -0.137. The van der Waals surface area contributed by atoms with E-state index >= 15 is 0 Å². The summed E-state index contributed by atoms with van der Waals surface area (Å²) in [6.45, 7) is 1.40. The number of carboxylic acids is 1. The molecule has 1 fully saturated rings. The molecule has 0 aromatic carbocycles. The average Bonchev–Trinajstić information content (AvgIpc) is 2.88. The first-order valence-electron chi connectivity index (χ1n) is 7.23. The van der Waals surface area contributed by atoms with Crippen molar-refractivity contribution in [1.82, 2.24) is 14.7 Å². The molecule has 1 aromatic rings. The SMILES string of the molecule is Cn1nccc1/C=C/C(=O)N1CCC[C@@H](CCC(=O)O)C1. The van der Waals surface area contributed by atoms with Crippen molar-refractivity contribution in [2.75, 3.05) is 13.1 Å². The van der Waals surface area contributed by atoms with Crippen LogP contribution >= 0.6 is 0 Å². The van der Waals surface area contributed by atoms with Crippen LogP contribution in [0.2, 0.25) is 0 Å². The Morgan fingerprint density at radius 1 is 1.52 bits per heavy atom. The number of likely N-dealkylation sites (tertiary alicyclic amines) is 1. The van der Waals surface area contributed by atoms with Gasteiger partial charge in [0.05, 0.1) is 5.69 Å². The van der Waals surface area contributed by atoms with Crippen LogP contribution in [0.1, 0.15) is 31.4 Å². The van der Waals surface area contributed by atoms with Gasteiger partial charge >= 0.3 is 5.97 Å². The van der Waals surface area contributed by atoms with Crippen LogP contribution in [-0.4, -0.2) is 44.8 Å². The molecule has 0 bridgehead atoms. The first-order chi connectivity index (χ1) is 10.1. The van der Waals surface area contributed by atoms with Crippen LogP contribution in [0.25, 0.3) is 6.08 Å². The lowest BCUT2D eigenvalue weighted by Crippen LogP contribution is -2.39. The Morgan fingerprint density at radius 3 is 3.00 bits per heavy atom. The van der Waals surface area contributed by atoms with Gasteiger partial charge in [-0.3, -0.25) is 14.3 Å². The Labute approximate surface area is 124 Å². The summed E-state index contributed by atoms with van der Waals surface area (Å²) in [5.74, 6) is -0.491. The fourth-order valence-corrected chi connectivity index (χ4v) is 2.64. The number of piperidine rings is 1. The molecule has 1 aliphatic heterocycles. The van der Waals surface area contributed by atoms with Crippen molar-refractivity contribution in [3.05, 3.63) is 24.0 Å². The van der Waals surface area contributed by atoms with Crippen LogP contribution < -0.4 is 0 Å². The average molecular weight is 291 g/mol. The summed E-state index contributed by atoms with van der Waals surface area (Å²) in [6.07, 6.45) is 7.78. The largest absolute Gasteiger partial charge is 0.481 e. The number of hydrogen-bond donors (Lipinski definition) is 1. The van der Waals surface area contributed by atoms with Crippen molar-refractivity contribution in [1.29, 1.82) is 0 Å². The van der Waals surface area contributed by atoms with Crippen molar-refractivity contribution in [2.24, 2.45) is 13.0 Å². The summed E-state index contributed by atoms with van der Waals surface area (Å²) >= 11 is 0. The van der Waals surface area contributed by atoms with E-state index in [-0.39, 0.29) is 12.3 Å². The fraction of sp³-hybridized carbons (Fsp3) is 0.533. The Hall–Kier alpha value is -2.11. The van der Waals surface area contributed by atoms with Crippen LogP contribution in [0.15, 0.2) is 18.3 Å². The highest BCUT2D eigenvalue weighted by Gasteiger charge is 2.22. The molecule has 1 atom stereocenters. The quantitative estimate of drug-likeness (QED) is 0.835. The lowest BCUT2D eigenvalue weighted by atomic mass is 9.93. The third-order valence-corrected chi connectivity index (χ3v) is 3.85. The molecule has 0 radical (unpaired) electrons. The van der Waals surface area contributed by atoms with Gasteiger partial charge in [0.15, 0.2) is 0 Å². The second-order valence-corrected chi connectivity index (χ2v) is 5.44. The number of amides is 1. The highest BCUT2D eigenvalue weighted by molar-refractivity contribution is 5.91. The highest BCUT2D eigenvalue weighted by Crippen LogP contribution is 2.21. The molecule has 6 nitrogen and oxygen atoms in total. The molecule has 0 unspecified atom stereocenters. The highest BCUT2D eigenvalue weighted by atomic mass is 16.4. The second kappa shape index (κ2) is 7.06. The maximum absolute atomic E-state index is 12.2. The maximum atomic E-state index is 12.2. The van der Waals surface area contributed by atoms with Crippen molar-refractivity contribution in [2.45, 2.75) is 25.7 Å². The summed E-state index contributed by atoms with van der Waals surface area (Å²) in [5, 5.41) is 12.8. The monoisotopic (exact) mass is 291 g/mol. The number of aromatic nitrogens is 2. The van der Waals surface area contributed by atoms with E-state index in [1.54, 1.807) is 23.0 Å². The van der Waals surface area contributed by atoms with E-state index in [2.05, 4.69) is 5.10 Å². The molecule has 1 aromatic heterocycles. The second-order valence-electron chi connectivity index (χ2n) is 5.44. The number of carbonyl (C=O) groups is 2. The number of carboxylic acid groups (broad SMARTS) is 1.